The molecule has 4 heterocycles. The van der Waals surface area contributed by atoms with Crippen LogP contribution in [0.5, 0.6) is 5.75 Å². The molecule has 0 aliphatic carbocycles. The molecule has 4 aliphatic heterocycles. The SMILES string of the molecule is CCCN1CC2[C@H](C)O[C@@H](O[C@H]3[C@H](C)[C@@H](O[C@@H]4O[C@H](C)C(CC(C)CN)C[C@H]4Oc4ccccc4)[C@](C)(O)C[C@@H](C)CN[C@H](C)[C@@H](O)[C@](C)(O)[C@@H](CC)OC(=O)[C@@H]3C)C[C@@]21OC. The van der Waals surface area contributed by atoms with Crippen molar-refractivity contribution in [2.24, 2.45) is 41.2 Å². The second-order valence-electron chi connectivity index (χ2n) is 20.0. The molecule has 0 bridgehead atoms. The molecular formula is C48H83N3O11. The van der Waals surface area contributed by atoms with E-state index in [0.29, 0.717) is 31.7 Å². The number of fused-ring (bicyclic) bond motifs is 1. The lowest BCUT2D eigenvalue weighted by molar-refractivity contribution is -0.363. The maximum atomic E-state index is 14.6. The minimum Gasteiger partial charge on any atom is -0.485 e. The number of rotatable bonds is 13. The molecule has 5 rings (SSSR count). The third-order valence-electron chi connectivity index (χ3n) is 14.7. The lowest BCUT2D eigenvalue weighted by Crippen LogP contribution is -2.74. The van der Waals surface area contributed by atoms with Gasteiger partial charge in [0.25, 0.3) is 0 Å². The van der Waals surface area contributed by atoms with Crippen molar-refractivity contribution in [1.82, 2.24) is 10.2 Å². The van der Waals surface area contributed by atoms with Crippen molar-refractivity contribution in [3.63, 3.8) is 0 Å². The number of hydrogen-bond acceptors (Lipinski definition) is 14. The Bertz CT molecular complexity index is 1540. The van der Waals surface area contributed by atoms with Crippen LogP contribution >= 0.6 is 0 Å². The van der Waals surface area contributed by atoms with Crippen LogP contribution in [-0.2, 0) is 33.2 Å². The molecule has 0 amide bonds. The summed E-state index contributed by atoms with van der Waals surface area (Å²) in [6.45, 7) is 23.7. The molecule has 14 heteroatoms. The Hall–Kier alpha value is -1.95. The van der Waals surface area contributed by atoms with Gasteiger partial charge in [-0.2, -0.15) is 0 Å². The Kier molecular flexibility index (Phi) is 17.8. The van der Waals surface area contributed by atoms with Gasteiger partial charge in [-0.25, -0.2) is 0 Å². The summed E-state index contributed by atoms with van der Waals surface area (Å²) in [5.41, 5.74) is 2.20. The van der Waals surface area contributed by atoms with E-state index in [9.17, 15) is 20.1 Å². The number of para-hydroxylation sites is 1. The zero-order chi connectivity index (χ0) is 45.7. The quantitative estimate of drug-likeness (QED) is 0.162. The predicted molar refractivity (Wildman–Crippen MR) is 237 cm³/mol. The first-order valence-corrected chi connectivity index (χ1v) is 23.6. The van der Waals surface area contributed by atoms with E-state index in [4.69, 9.17) is 38.9 Å². The highest BCUT2D eigenvalue weighted by Crippen LogP contribution is 2.49. The van der Waals surface area contributed by atoms with Gasteiger partial charge >= 0.3 is 5.97 Å². The van der Waals surface area contributed by atoms with Crippen LogP contribution in [0.4, 0.5) is 0 Å². The zero-order valence-electron chi connectivity index (χ0n) is 39.8. The topological polar surface area (TPSA) is 184 Å². The van der Waals surface area contributed by atoms with Gasteiger partial charge in [0.15, 0.2) is 12.6 Å². The Balaban J connectivity index is 1.58. The van der Waals surface area contributed by atoms with Crippen molar-refractivity contribution in [3.05, 3.63) is 30.3 Å². The number of esters is 1. The van der Waals surface area contributed by atoms with Crippen LogP contribution in [0.3, 0.4) is 0 Å². The number of hydrogen-bond donors (Lipinski definition) is 5. The van der Waals surface area contributed by atoms with Crippen LogP contribution < -0.4 is 15.8 Å². The molecule has 1 aromatic rings. The van der Waals surface area contributed by atoms with Crippen molar-refractivity contribution in [2.75, 3.05) is 33.3 Å². The van der Waals surface area contributed by atoms with Crippen molar-refractivity contribution in [1.29, 1.82) is 0 Å². The fourth-order valence-electron chi connectivity index (χ4n) is 11.0. The summed E-state index contributed by atoms with van der Waals surface area (Å²) >= 11 is 0. The standard InChI is InChI=1S/C48H83N3O11/c1-13-20-51-27-37-34(9)57-40(24-48(37,51)56-12)61-41-30(5)43(62-45-38(59-36-18-16-15-17-19-36)22-35(33(8)58-45)21-28(3)25-49)46(10,54)23-29(4)26-50-32(7)42(52)47(11,55)39(14-2)60-44(53)31(41)6/h15-19,28-35,37-43,45,50,52,54-55H,13-14,20-27,49H2,1-12H3/t28?,29-,30+,31-,32-,33-,34+,35?,37?,38-,39-,40+,41+,42-,43-,45+,46-,47-,48-/m1/s1. The third kappa shape index (κ3) is 11.3. The van der Waals surface area contributed by atoms with Gasteiger partial charge < -0.3 is 59.5 Å². The number of aliphatic hydroxyl groups is 3. The van der Waals surface area contributed by atoms with Crippen LogP contribution in [0.2, 0.25) is 0 Å². The number of methoxy groups -OCH3 is 1. The smallest absolute Gasteiger partial charge is 0.311 e. The lowest BCUT2D eigenvalue weighted by Gasteiger charge is -2.63. The fraction of sp³-hybridized carbons (Fsp3) is 0.854. The first kappa shape index (κ1) is 51.0. The van der Waals surface area contributed by atoms with E-state index in [1.807, 2.05) is 58.0 Å². The van der Waals surface area contributed by atoms with Crippen molar-refractivity contribution >= 4 is 5.97 Å². The van der Waals surface area contributed by atoms with Gasteiger partial charge in [-0.3, -0.25) is 9.69 Å². The van der Waals surface area contributed by atoms with E-state index < -0.39 is 83.9 Å². The summed E-state index contributed by atoms with van der Waals surface area (Å²) in [7, 11) is 1.74. The average Bonchev–Trinajstić information content (AvgIpc) is 3.22. The molecule has 0 saturated carbocycles. The average molecular weight is 878 g/mol. The van der Waals surface area contributed by atoms with Gasteiger partial charge in [-0.1, -0.05) is 52.8 Å². The summed E-state index contributed by atoms with van der Waals surface area (Å²) in [5, 5.41) is 39.6. The molecule has 0 aromatic heterocycles. The molecule has 356 valence electrons. The van der Waals surface area contributed by atoms with Gasteiger partial charge in [-0.15, -0.1) is 0 Å². The number of benzene rings is 1. The first-order chi connectivity index (χ1) is 29.2. The maximum Gasteiger partial charge on any atom is 0.311 e. The second kappa shape index (κ2) is 21.6. The summed E-state index contributed by atoms with van der Waals surface area (Å²) in [4.78, 5) is 16.9. The number of carbonyl (C=O) groups excluding carboxylic acids is 1. The molecule has 0 radical (unpaired) electrons. The Morgan fingerprint density at radius 1 is 1.00 bits per heavy atom. The van der Waals surface area contributed by atoms with Gasteiger partial charge in [-0.05, 0) is 117 Å². The molecule has 4 saturated heterocycles. The zero-order valence-corrected chi connectivity index (χ0v) is 39.8. The number of cyclic esters (lactones) is 1. The van der Waals surface area contributed by atoms with Crippen LogP contribution in [0, 0.1) is 35.5 Å². The highest BCUT2D eigenvalue weighted by molar-refractivity contribution is 5.73. The Morgan fingerprint density at radius 3 is 2.32 bits per heavy atom. The predicted octanol–water partition coefficient (Wildman–Crippen LogP) is 5.23. The highest BCUT2D eigenvalue weighted by Gasteiger charge is 2.61. The number of nitrogens with one attached hydrogen (secondary N) is 1. The van der Waals surface area contributed by atoms with Crippen molar-refractivity contribution in [3.8, 4) is 5.75 Å². The van der Waals surface area contributed by atoms with Gasteiger partial charge in [0.1, 0.15) is 35.4 Å². The third-order valence-corrected chi connectivity index (χ3v) is 14.7. The molecule has 62 heavy (non-hydrogen) atoms. The van der Waals surface area contributed by atoms with E-state index in [2.05, 4.69) is 31.0 Å². The van der Waals surface area contributed by atoms with E-state index in [1.165, 1.54) is 6.92 Å². The normalized spacial score (nSPS) is 44.5. The molecule has 6 N–H and O–H groups in total. The Morgan fingerprint density at radius 2 is 1.69 bits per heavy atom. The Labute approximate surface area is 372 Å². The number of ether oxygens (including phenoxy) is 7. The van der Waals surface area contributed by atoms with E-state index >= 15 is 0 Å². The number of aliphatic hydroxyl groups excluding tert-OH is 1. The van der Waals surface area contributed by atoms with E-state index in [-0.39, 0.29) is 48.7 Å². The first-order valence-electron chi connectivity index (χ1n) is 23.6. The molecule has 4 aliphatic rings. The fourth-order valence-corrected chi connectivity index (χ4v) is 11.0. The summed E-state index contributed by atoms with van der Waals surface area (Å²) < 4.78 is 46.9. The lowest BCUT2D eigenvalue weighted by atomic mass is 9.75. The van der Waals surface area contributed by atoms with Gasteiger partial charge in [0.05, 0.1) is 35.9 Å². The van der Waals surface area contributed by atoms with Crippen LogP contribution in [0.25, 0.3) is 0 Å². The summed E-state index contributed by atoms with van der Waals surface area (Å²) in [6, 6.07) is 9.03. The van der Waals surface area contributed by atoms with Crippen LogP contribution in [0.1, 0.15) is 115 Å². The molecule has 1 aromatic carbocycles. The van der Waals surface area contributed by atoms with Gasteiger partial charge in [0, 0.05) is 44.5 Å². The number of nitrogens with two attached hydrogens (primary N) is 1. The van der Waals surface area contributed by atoms with Gasteiger partial charge in [0.2, 0.25) is 0 Å². The molecule has 14 nitrogen and oxygen atoms in total. The van der Waals surface area contributed by atoms with Crippen LogP contribution in [-0.4, -0.2) is 138 Å². The van der Waals surface area contributed by atoms with Crippen LogP contribution in [0.15, 0.2) is 30.3 Å². The number of nitrogens with zero attached hydrogens (tertiary/aromatic N) is 1. The molecule has 4 fully saturated rings. The minimum absolute atomic E-state index is 0.126. The van der Waals surface area contributed by atoms with E-state index in [0.717, 1.165) is 25.9 Å². The monoisotopic (exact) mass is 878 g/mol. The largest absolute Gasteiger partial charge is 0.485 e. The molecule has 19 atom stereocenters. The van der Waals surface area contributed by atoms with E-state index in [1.54, 1.807) is 27.9 Å². The summed E-state index contributed by atoms with van der Waals surface area (Å²) in [6.07, 6.45) is -3.43. The number of carbonyl (C=O) groups is 1. The summed E-state index contributed by atoms with van der Waals surface area (Å²) in [5.74, 6) is -1.11. The number of likely N-dealkylation sites (tertiary alicyclic amines) is 1. The molecular weight excluding hydrogens is 795 g/mol. The van der Waals surface area contributed by atoms with Crippen molar-refractivity contribution in [2.45, 2.75) is 193 Å². The van der Waals surface area contributed by atoms with Crippen molar-refractivity contribution < 1.29 is 53.3 Å². The maximum absolute atomic E-state index is 14.6. The highest BCUT2D eigenvalue weighted by atomic mass is 16.7. The second-order valence-corrected chi connectivity index (χ2v) is 20.0. The molecule has 0 spiro atoms. The molecule has 3 unspecified atom stereocenters. The minimum atomic E-state index is -1.78.